The fourth-order valence-corrected chi connectivity index (χ4v) is 2.23. The summed E-state index contributed by atoms with van der Waals surface area (Å²) >= 11 is 0. The molecule has 21 heavy (non-hydrogen) atoms. The Morgan fingerprint density at radius 2 is 2.29 bits per heavy atom. The van der Waals surface area contributed by atoms with E-state index in [2.05, 4.69) is 10.3 Å². The molecule has 0 saturated carbocycles. The number of hydrogen-bond donors (Lipinski definition) is 1. The monoisotopic (exact) mass is 287 g/mol. The lowest BCUT2D eigenvalue weighted by atomic mass is 10.1. The number of aromatic nitrogens is 2. The molecule has 1 aromatic heterocycles. The lowest BCUT2D eigenvalue weighted by Crippen LogP contribution is -2.30. The van der Waals surface area contributed by atoms with E-state index in [-0.39, 0.29) is 11.9 Å². The number of benzene rings is 1. The third-order valence-electron chi connectivity index (χ3n) is 3.33. The van der Waals surface area contributed by atoms with E-state index in [0.717, 1.165) is 23.6 Å². The molecule has 2 aromatic rings. The van der Waals surface area contributed by atoms with E-state index in [9.17, 15) is 4.79 Å². The van der Waals surface area contributed by atoms with Crippen molar-refractivity contribution < 1.29 is 9.53 Å². The maximum Gasteiger partial charge on any atom is 0.220 e. The van der Waals surface area contributed by atoms with E-state index in [4.69, 9.17) is 4.74 Å². The lowest BCUT2D eigenvalue weighted by Gasteiger charge is -2.19. The van der Waals surface area contributed by atoms with Crippen LogP contribution in [0, 0.1) is 0 Å². The van der Waals surface area contributed by atoms with Gasteiger partial charge in [-0.3, -0.25) is 4.79 Å². The van der Waals surface area contributed by atoms with Gasteiger partial charge in [0, 0.05) is 25.9 Å². The minimum atomic E-state index is -0.279. The normalized spacial score (nSPS) is 12.0. The maximum absolute atomic E-state index is 12.0. The smallest absolute Gasteiger partial charge is 0.220 e. The number of hydrogen-bond acceptors (Lipinski definition) is 3. The molecule has 5 nitrogen and oxygen atoms in total. The topological polar surface area (TPSA) is 56.1 Å². The SMILES string of the molecule is CCCC(=O)NC(c1cccc(OC)c1)c1nccn1C. The first kappa shape index (κ1) is 15.1. The molecule has 1 unspecified atom stereocenters. The highest BCUT2D eigenvalue weighted by Gasteiger charge is 2.20. The molecule has 1 heterocycles. The molecule has 5 heteroatoms. The molecule has 2 rings (SSSR count). The highest BCUT2D eigenvalue weighted by molar-refractivity contribution is 5.76. The van der Waals surface area contributed by atoms with Crippen molar-refractivity contribution in [1.82, 2.24) is 14.9 Å². The van der Waals surface area contributed by atoms with Gasteiger partial charge in [0.1, 0.15) is 17.6 Å². The third kappa shape index (κ3) is 3.62. The largest absolute Gasteiger partial charge is 0.497 e. The predicted octanol–water partition coefficient (Wildman–Crippen LogP) is 2.43. The molecule has 112 valence electrons. The highest BCUT2D eigenvalue weighted by atomic mass is 16.5. The number of carbonyl (C=O) groups is 1. The Bertz CT molecular complexity index is 607. The molecular weight excluding hydrogens is 266 g/mol. The van der Waals surface area contributed by atoms with Crippen LogP contribution in [0.15, 0.2) is 36.7 Å². The second-order valence-electron chi connectivity index (χ2n) is 4.92. The number of nitrogens with zero attached hydrogens (tertiary/aromatic N) is 2. The Hall–Kier alpha value is -2.30. The second kappa shape index (κ2) is 6.92. The van der Waals surface area contributed by atoms with Crippen molar-refractivity contribution in [2.75, 3.05) is 7.11 Å². The molecule has 0 spiro atoms. The maximum atomic E-state index is 12.0. The summed E-state index contributed by atoms with van der Waals surface area (Å²) in [7, 11) is 3.55. The fraction of sp³-hybridized carbons (Fsp3) is 0.375. The van der Waals surface area contributed by atoms with Gasteiger partial charge < -0.3 is 14.6 Å². The van der Waals surface area contributed by atoms with Gasteiger partial charge in [-0.2, -0.15) is 0 Å². The summed E-state index contributed by atoms with van der Waals surface area (Å²) in [6.45, 7) is 1.99. The van der Waals surface area contributed by atoms with Crippen LogP contribution >= 0.6 is 0 Å². The second-order valence-corrected chi connectivity index (χ2v) is 4.92. The molecule has 0 aliphatic heterocycles. The van der Waals surface area contributed by atoms with Crippen LogP contribution in [0.5, 0.6) is 5.75 Å². The van der Waals surface area contributed by atoms with Gasteiger partial charge in [0.25, 0.3) is 0 Å². The fourth-order valence-electron chi connectivity index (χ4n) is 2.23. The molecule has 0 fully saturated rings. The number of nitrogens with one attached hydrogen (secondary N) is 1. The first-order chi connectivity index (χ1) is 10.2. The lowest BCUT2D eigenvalue weighted by molar-refractivity contribution is -0.121. The van der Waals surface area contributed by atoms with Crippen molar-refractivity contribution in [3.05, 3.63) is 48.0 Å². The average molecular weight is 287 g/mol. The summed E-state index contributed by atoms with van der Waals surface area (Å²) in [4.78, 5) is 16.4. The molecular formula is C16H21N3O2. The zero-order valence-corrected chi connectivity index (χ0v) is 12.7. The van der Waals surface area contributed by atoms with Crippen LogP contribution in [0.2, 0.25) is 0 Å². The summed E-state index contributed by atoms with van der Waals surface area (Å²) in [6, 6.07) is 7.40. The molecule has 0 radical (unpaired) electrons. The van der Waals surface area contributed by atoms with Gasteiger partial charge in [-0.25, -0.2) is 4.98 Å². The molecule has 1 atom stereocenters. The summed E-state index contributed by atoms with van der Waals surface area (Å²) in [5.41, 5.74) is 0.952. The number of rotatable bonds is 6. The van der Waals surface area contributed by atoms with Gasteiger partial charge in [0.2, 0.25) is 5.91 Å². The van der Waals surface area contributed by atoms with Crippen molar-refractivity contribution in [3.63, 3.8) is 0 Å². The Morgan fingerprint density at radius 3 is 2.90 bits per heavy atom. The first-order valence-corrected chi connectivity index (χ1v) is 7.06. The number of methoxy groups -OCH3 is 1. The van der Waals surface area contributed by atoms with Gasteiger partial charge in [-0.15, -0.1) is 0 Å². The minimum absolute atomic E-state index is 0.0216. The van der Waals surface area contributed by atoms with Crippen molar-refractivity contribution in [2.24, 2.45) is 7.05 Å². The molecule has 0 bridgehead atoms. The quantitative estimate of drug-likeness (QED) is 0.887. The van der Waals surface area contributed by atoms with E-state index in [1.807, 2.05) is 49.0 Å². The Labute approximate surface area is 125 Å². The minimum Gasteiger partial charge on any atom is -0.497 e. The van der Waals surface area contributed by atoms with Gasteiger partial charge >= 0.3 is 0 Å². The number of aryl methyl sites for hydroxylation is 1. The van der Waals surface area contributed by atoms with E-state index in [1.54, 1.807) is 13.3 Å². The van der Waals surface area contributed by atoms with Gasteiger partial charge in [0.05, 0.1) is 7.11 Å². The summed E-state index contributed by atoms with van der Waals surface area (Å²) < 4.78 is 7.18. The molecule has 1 amide bonds. The Morgan fingerprint density at radius 1 is 1.48 bits per heavy atom. The van der Waals surface area contributed by atoms with Gasteiger partial charge in [-0.1, -0.05) is 19.1 Å². The average Bonchev–Trinajstić information content (AvgIpc) is 2.91. The van der Waals surface area contributed by atoms with Crippen molar-refractivity contribution in [1.29, 1.82) is 0 Å². The van der Waals surface area contributed by atoms with Crippen molar-refractivity contribution >= 4 is 5.91 Å². The van der Waals surface area contributed by atoms with E-state index < -0.39 is 0 Å². The molecule has 1 N–H and O–H groups in total. The summed E-state index contributed by atoms with van der Waals surface area (Å²) in [5, 5.41) is 3.05. The van der Waals surface area contributed by atoms with E-state index in [1.165, 1.54) is 0 Å². The van der Waals surface area contributed by atoms with Gasteiger partial charge in [-0.05, 0) is 24.1 Å². The van der Waals surface area contributed by atoms with Crippen LogP contribution in [-0.2, 0) is 11.8 Å². The van der Waals surface area contributed by atoms with E-state index >= 15 is 0 Å². The standard InChI is InChI=1S/C16H21N3O2/c1-4-6-14(20)18-15(16-17-9-10-19(16)2)12-7-5-8-13(11-12)21-3/h5,7-11,15H,4,6H2,1-3H3,(H,18,20). The summed E-state index contributed by atoms with van der Waals surface area (Å²) in [6.07, 6.45) is 4.92. The number of ether oxygens (including phenoxy) is 1. The number of carbonyl (C=O) groups excluding carboxylic acids is 1. The molecule has 0 aliphatic rings. The Kier molecular flexibility index (Phi) is 4.98. The van der Waals surface area contributed by atoms with Crippen LogP contribution < -0.4 is 10.1 Å². The number of amides is 1. The zero-order chi connectivity index (χ0) is 15.2. The van der Waals surface area contributed by atoms with Gasteiger partial charge in [0.15, 0.2) is 0 Å². The molecule has 1 aromatic carbocycles. The van der Waals surface area contributed by atoms with Crippen molar-refractivity contribution in [2.45, 2.75) is 25.8 Å². The number of imidazole rings is 1. The highest BCUT2D eigenvalue weighted by Crippen LogP contribution is 2.24. The van der Waals surface area contributed by atoms with Crippen LogP contribution in [-0.4, -0.2) is 22.6 Å². The van der Waals surface area contributed by atoms with Crippen molar-refractivity contribution in [3.8, 4) is 5.75 Å². The first-order valence-electron chi connectivity index (χ1n) is 7.06. The molecule has 0 aliphatic carbocycles. The predicted molar refractivity (Wildman–Crippen MR) is 81.1 cm³/mol. The van der Waals surface area contributed by atoms with Crippen LogP contribution in [0.3, 0.4) is 0 Å². The summed E-state index contributed by atoms with van der Waals surface area (Å²) in [5.74, 6) is 1.58. The zero-order valence-electron chi connectivity index (χ0n) is 12.7. The van der Waals surface area contributed by atoms with E-state index in [0.29, 0.717) is 6.42 Å². The van der Waals surface area contributed by atoms with Crippen LogP contribution in [0.4, 0.5) is 0 Å². The third-order valence-corrected chi connectivity index (χ3v) is 3.33. The van der Waals surface area contributed by atoms with Crippen LogP contribution in [0.25, 0.3) is 0 Å². The molecule has 0 saturated heterocycles. The van der Waals surface area contributed by atoms with Crippen LogP contribution in [0.1, 0.15) is 37.2 Å². The Balaban J connectivity index is 2.35.